The van der Waals surface area contributed by atoms with E-state index in [2.05, 4.69) is 4.98 Å². The zero-order chi connectivity index (χ0) is 12.5. The average molecular weight is 250 g/mol. The lowest BCUT2D eigenvalue weighted by Gasteiger charge is -2.15. The van der Waals surface area contributed by atoms with Crippen molar-refractivity contribution in [3.8, 4) is 0 Å². The number of pyridine rings is 1. The number of fused-ring (bicyclic) bond motifs is 1. The third kappa shape index (κ3) is 2.03. The van der Waals surface area contributed by atoms with E-state index < -0.39 is 10.0 Å². The minimum atomic E-state index is -3.44. The summed E-state index contributed by atoms with van der Waals surface area (Å²) in [6.07, 6.45) is 1.60. The third-order valence-corrected chi connectivity index (χ3v) is 4.69. The van der Waals surface area contributed by atoms with E-state index in [9.17, 15) is 8.42 Å². The van der Waals surface area contributed by atoms with Crippen molar-refractivity contribution >= 4 is 20.9 Å². The maximum Gasteiger partial charge on any atom is 0.244 e. The van der Waals surface area contributed by atoms with Gasteiger partial charge in [0, 0.05) is 25.2 Å². The number of rotatable bonds is 3. The first-order valence-corrected chi connectivity index (χ1v) is 6.81. The summed E-state index contributed by atoms with van der Waals surface area (Å²) in [5, 5.41) is 0.832. The lowest BCUT2D eigenvalue weighted by Crippen LogP contribution is -2.26. The van der Waals surface area contributed by atoms with Gasteiger partial charge in [-0.05, 0) is 12.1 Å². The SMILES string of the molecule is CCN(C)S(=O)(=O)c1cccc2cccnc12. The van der Waals surface area contributed by atoms with Gasteiger partial charge in [0.1, 0.15) is 4.90 Å². The second-order valence-corrected chi connectivity index (χ2v) is 5.76. The summed E-state index contributed by atoms with van der Waals surface area (Å²) >= 11 is 0. The van der Waals surface area contributed by atoms with Gasteiger partial charge >= 0.3 is 0 Å². The number of para-hydroxylation sites is 1. The molecule has 0 saturated carbocycles. The molecule has 1 heterocycles. The van der Waals surface area contributed by atoms with E-state index in [1.807, 2.05) is 12.1 Å². The molecule has 17 heavy (non-hydrogen) atoms. The Labute approximate surface area is 101 Å². The zero-order valence-electron chi connectivity index (χ0n) is 9.79. The summed E-state index contributed by atoms with van der Waals surface area (Å²) in [6, 6.07) is 8.83. The Morgan fingerprint density at radius 3 is 2.65 bits per heavy atom. The van der Waals surface area contributed by atoms with Gasteiger partial charge in [-0.2, -0.15) is 0 Å². The van der Waals surface area contributed by atoms with Crippen LogP contribution in [-0.2, 0) is 10.0 Å². The van der Waals surface area contributed by atoms with E-state index in [4.69, 9.17) is 0 Å². The molecule has 0 spiro atoms. The largest absolute Gasteiger partial charge is 0.255 e. The highest BCUT2D eigenvalue weighted by Crippen LogP contribution is 2.22. The maximum absolute atomic E-state index is 12.3. The van der Waals surface area contributed by atoms with Crippen molar-refractivity contribution in [3.05, 3.63) is 36.5 Å². The van der Waals surface area contributed by atoms with Crippen molar-refractivity contribution in [1.29, 1.82) is 0 Å². The Hall–Kier alpha value is -1.46. The van der Waals surface area contributed by atoms with Crippen molar-refractivity contribution < 1.29 is 8.42 Å². The lowest BCUT2D eigenvalue weighted by atomic mass is 10.2. The van der Waals surface area contributed by atoms with E-state index in [0.717, 1.165) is 5.39 Å². The summed E-state index contributed by atoms with van der Waals surface area (Å²) in [5.41, 5.74) is 0.523. The topological polar surface area (TPSA) is 50.3 Å². The fourth-order valence-corrected chi connectivity index (χ4v) is 2.96. The molecular weight excluding hydrogens is 236 g/mol. The van der Waals surface area contributed by atoms with Crippen molar-refractivity contribution in [2.24, 2.45) is 0 Å². The fraction of sp³-hybridized carbons (Fsp3) is 0.250. The van der Waals surface area contributed by atoms with Crippen LogP contribution in [0.25, 0.3) is 10.9 Å². The molecule has 5 heteroatoms. The maximum atomic E-state index is 12.3. The first-order chi connectivity index (χ1) is 8.07. The summed E-state index contributed by atoms with van der Waals surface area (Å²) in [5.74, 6) is 0. The molecule has 0 radical (unpaired) electrons. The van der Waals surface area contributed by atoms with Gasteiger partial charge in [0.05, 0.1) is 5.52 Å². The predicted octanol–water partition coefficient (Wildman–Crippen LogP) is 1.88. The van der Waals surface area contributed by atoms with Crippen LogP contribution in [-0.4, -0.2) is 31.3 Å². The van der Waals surface area contributed by atoms with Gasteiger partial charge in [0.15, 0.2) is 0 Å². The molecule has 0 unspecified atom stereocenters. The summed E-state index contributed by atoms with van der Waals surface area (Å²) in [7, 11) is -1.88. The van der Waals surface area contributed by atoms with Crippen molar-refractivity contribution in [1.82, 2.24) is 9.29 Å². The van der Waals surface area contributed by atoms with Gasteiger partial charge in [0.2, 0.25) is 10.0 Å². The number of hydrogen-bond acceptors (Lipinski definition) is 3. The van der Waals surface area contributed by atoms with Crippen molar-refractivity contribution in [2.75, 3.05) is 13.6 Å². The van der Waals surface area contributed by atoms with Crippen LogP contribution in [0.1, 0.15) is 6.92 Å². The van der Waals surface area contributed by atoms with Gasteiger partial charge < -0.3 is 0 Å². The number of benzene rings is 1. The van der Waals surface area contributed by atoms with Crippen LogP contribution in [0.15, 0.2) is 41.4 Å². The van der Waals surface area contributed by atoms with Crippen LogP contribution < -0.4 is 0 Å². The molecule has 1 aromatic heterocycles. The van der Waals surface area contributed by atoms with E-state index in [1.54, 1.807) is 38.4 Å². The molecule has 0 bridgehead atoms. The average Bonchev–Trinajstić information content (AvgIpc) is 2.37. The molecule has 0 saturated heterocycles. The zero-order valence-corrected chi connectivity index (χ0v) is 10.6. The molecule has 0 aliphatic heterocycles. The number of hydrogen-bond donors (Lipinski definition) is 0. The van der Waals surface area contributed by atoms with Crippen LogP contribution in [0, 0.1) is 0 Å². The Morgan fingerprint density at radius 2 is 1.94 bits per heavy atom. The third-order valence-electron chi connectivity index (χ3n) is 2.73. The van der Waals surface area contributed by atoms with Gasteiger partial charge in [-0.15, -0.1) is 0 Å². The minimum Gasteiger partial charge on any atom is -0.255 e. The normalized spacial score (nSPS) is 12.2. The molecule has 0 fully saturated rings. The standard InChI is InChI=1S/C12H14N2O2S/c1-3-14(2)17(15,16)11-8-4-6-10-7-5-9-13-12(10)11/h4-9H,3H2,1-2H3. The van der Waals surface area contributed by atoms with E-state index >= 15 is 0 Å². The molecule has 4 nitrogen and oxygen atoms in total. The highest BCUT2D eigenvalue weighted by atomic mass is 32.2. The number of aromatic nitrogens is 1. The quantitative estimate of drug-likeness (QED) is 0.835. The van der Waals surface area contributed by atoms with Crippen LogP contribution in [0.5, 0.6) is 0 Å². The second-order valence-electron chi connectivity index (χ2n) is 3.75. The van der Waals surface area contributed by atoms with Gasteiger partial charge in [0.25, 0.3) is 0 Å². The first-order valence-electron chi connectivity index (χ1n) is 5.37. The molecular formula is C12H14N2O2S. The van der Waals surface area contributed by atoms with Crippen molar-refractivity contribution in [3.63, 3.8) is 0 Å². The van der Waals surface area contributed by atoms with Crippen LogP contribution in [0.3, 0.4) is 0 Å². The van der Waals surface area contributed by atoms with Gasteiger partial charge in [-0.1, -0.05) is 25.1 Å². The Morgan fingerprint density at radius 1 is 1.24 bits per heavy atom. The highest BCUT2D eigenvalue weighted by molar-refractivity contribution is 7.89. The molecule has 2 aromatic rings. The summed E-state index contributed by atoms with van der Waals surface area (Å²) in [6.45, 7) is 2.24. The van der Waals surface area contributed by atoms with E-state index in [1.165, 1.54) is 4.31 Å². The molecule has 0 aliphatic rings. The number of nitrogens with zero attached hydrogens (tertiary/aromatic N) is 2. The molecule has 1 aromatic carbocycles. The smallest absolute Gasteiger partial charge is 0.244 e. The first kappa shape index (κ1) is 12.0. The second kappa shape index (κ2) is 4.43. The minimum absolute atomic E-state index is 0.264. The summed E-state index contributed by atoms with van der Waals surface area (Å²) in [4.78, 5) is 4.42. The van der Waals surface area contributed by atoms with Gasteiger partial charge in [-0.3, -0.25) is 4.98 Å². The molecule has 90 valence electrons. The lowest BCUT2D eigenvalue weighted by molar-refractivity contribution is 0.487. The molecule has 0 atom stereocenters. The van der Waals surface area contributed by atoms with E-state index in [-0.39, 0.29) is 4.90 Å². The monoisotopic (exact) mass is 250 g/mol. The Bertz CT molecular complexity index is 633. The fourth-order valence-electron chi connectivity index (χ4n) is 1.62. The molecule has 0 aliphatic carbocycles. The van der Waals surface area contributed by atoms with Crippen LogP contribution in [0.2, 0.25) is 0 Å². The van der Waals surface area contributed by atoms with Crippen LogP contribution >= 0.6 is 0 Å². The van der Waals surface area contributed by atoms with Gasteiger partial charge in [-0.25, -0.2) is 12.7 Å². The van der Waals surface area contributed by atoms with Crippen molar-refractivity contribution in [2.45, 2.75) is 11.8 Å². The molecule has 0 N–H and O–H groups in total. The Kier molecular flexibility index (Phi) is 3.13. The predicted molar refractivity (Wildman–Crippen MR) is 67.2 cm³/mol. The number of sulfonamides is 1. The summed E-state index contributed by atoms with van der Waals surface area (Å²) < 4.78 is 25.8. The molecule has 2 rings (SSSR count). The Balaban J connectivity index is 2.72. The van der Waals surface area contributed by atoms with E-state index in [0.29, 0.717) is 12.1 Å². The molecule has 0 amide bonds. The van der Waals surface area contributed by atoms with Crippen LogP contribution in [0.4, 0.5) is 0 Å². The highest BCUT2D eigenvalue weighted by Gasteiger charge is 2.22.